The molecule has 2 aromatic rings. The maximum atomic E-state index is 11.9. The van der Waals surface area contributed by atoms with Crippen LogP contribution < -0.4 is 11.1 Å². The molecule has 0 aliphatic carbocycles. The van der Waals surface area contributed by atoms with Crippen LogP contribution in [0.1, 0.15) is 17.2 Å². The van der Waals surface area contributed by atoms with E-state index in [-0.39, 0.29) is 12.5 Å². The number of amides is 1. The Hall–Kier alpha value is -2.37. The number of benzene rings is 1. The van der Waals surface area contributed by atoms with Crippen LogP contribution in [0.15, 0.2) is 18.2 Å². The predicted molar refractivity (Wildman–Crippen MR) is 73.7 cm³/mol. The van der Waals surface area contributed by atoms with Crippen molar-refractivity contribution in [1.29, 1.82) is 0 Å². The van der Waals surface area contributed by atoms with Crippen molar-refractivity contribution in [2.75, 3.05) is 11.1 Å². The molecule has 0 spiro atoms. The van der Waals surface area contributed by atoms with Gasteiger partial charge in [0.1, 0.15) is 18.2 Å². The van der Waals surface area contributed by atoms with Crippen LogP contribution in [-0.4, -0.2) is 20.7 Å². The first-order valence-electron chi connectivity index (χ1n) is 6.00. The topological polar surface area (TPSA) is 85.8 Å². The van der Waals surface area contributed by atoms with Gasteiger partial charge in [0.05, 0.1) is 0 Å². The predicted octanol–water partition coefficient (Wildman–Crippen LogP) is 1.42. The van der Waals surface area contributed by atoms with Gasteiger partial charge in [0.2, 0.25) is 5.91 Å². The molecule has 0 bridgehead atoms. The van der Waals surface area contributed by atoms with Crippen molar-refractivity contribution in [2.45, 2.75) is 27.3 Å². The average molecular weight is 259 g/mol. The SMILES string of the molecule is Cc1nc(C)n(CC(=O)Nc2ccc(C)c(N)c2)n1. The zero-order chi connectivity index (χ0) is 14.0. The van der Waals surface area contributed by atoms with Crippen LogP contribution in [0.4, 0.5) is 11.4 Å². The van der Waals surface area contributed by atoms with Crippen molar-refractivity contribution < 1.29 is 4.79 Å². The largest absolute Gasteiger partial charge is 0.398 e. The van der Waals surface area contributed by atoms with Gasteiger partial charge in [-0.2, -0.15) is 5.10 Å². The maximum absolute atomic E-state index is 11.9. The molecule has 19 heavy (non-hydrogen) atoms. The Kier molecular flexibility index (Phi) is 3.50. The molecule has 0 aliphatic rings. The summed E-state index contributed by atoms with van der Waals surface area (Å²) < 4.78 is 1.57. The molecular weight excluding hydrogens is 242 g/mol. The van der Waals surface area contributed by atoms with Crippen molar-refractivity contribution in [3.8, 4) is 0 Å². The second-order valence-electron chi connectivity index (χ2n) is 4.48. The third-order valence-corrected chi connectivity index (χ3v) is 2.82. The third kappa shape index (κ3) is 3.09. The second-order valence-corrected chi connectivity index (χ2v) is 4.48. The quantitative estimate of drug-likeness (QED) is 0.816. The first-order valence-corrected chi connectivity index (χ1v) is 6.00. The van der Waals surface area contributed by atoms with Crippen molar-refractivity contribution in [3.63, 3.8) is 0 Å². The molecular formula is C13H17N5O. The molecule has 0 saturated heterocycles. The molecule has 100 valence electrons. The van der Waals surface area contributed by atoms with Gasteiger partial charge in [0.15, 0.2) is 0 Å². The van der Waals surface area contributed by atoms with Crippen molar-refractivity contribution in [3.05, 3.63) is 35.4 Å². The Bertz CT molecular complexity index is 617. The molecule has 0 radical (unpaired) electrons. The fourth-order valence-electron chi connectivity index (χ4n) is 1.77. The van der Waals surface area contributed by atoms with Crippen molar-refractivity contribution >= 4 is 17.3 Å². The Morgan fingerprint density at radius 1 is 1.37 bits per heavy atom. The van der Waals surface area contributed by atoms with Crippen LogP contribution in [0, 0.1) is 20.8 Å². The lowest BCUT2D eigenvalue weighted by Crippen LogP contribution is -2.20. The molecule has 0 fully saturated rings. The number of carbonyl (C=O) groups is 1. The monoisotopic (exact) mass is 259 g/mol. The number of nitrogen functional groups attached to an aromatic ring is 1. The zero-order valence-corrected chi connectivity index (χ0v) is 11.3. The summed E-state index contributed by atoms with van der Waals surface area (Å²) in [5.74, 6) is 1.22. The molecule has 6 nitrogen and oxygen atoms in total. The van der Waals surface area contributed by atoms with Gasteiger partial charge in [0, 0.05) is 11.4 Å². The molecule has 1 aromatic heterocycles. The van der Waals surface area contributed by atoms with E-state index in [1.54, 1.807) is 17.7 Å². The molecule has 6 heteroatoms. The Balaban J connectivity index is 2.05. The summed E-state index contributed by atoms with van der Waals surface area (Å²) in [5, 5.41) is 6.93. The minimum absolute atomic E-state index is 0.139. The van der Waals surface area contributed by atoms with E-state index in [2.05, 4.69) is 15.4 Å². The number of hydrogen-bond donors (Lipinski definition) is 2. The molecule has 0 unspecified atom stereocenters. The van der Waals surface area contributed by atoms with Crippen LogP contribution in [-0.2, 0) is 11.3 Å². The van der Waals surface area contributed by atoms with E-state index in [1.165, 1.54) is 0 Å². The molecule has 0 atom stereocenters. The third-order valence-electron chi connectivity index (χ3n) is 2.82. The number of nitrogens with one attached hydrogen (secondary N) is 1. The first-order chi connectivity index (χ1) is 8.95. The summed E-state index contributed by atoms with van der Waals surface area (Å²) in [6.45, 7) is 5.67. The van der Waals surface area contributed by atoms with Crippen molar-refractivity contribution in [2.24, 2.45) is 0 Å². The Labute approximate surface area is 111 Å². The summed E-state index contributed by atoms with van der Waals surface area (Å²) in [7, 11) is 0. The number of nitrogens with zero attached hydrogens (tertiary/aromatic N) is 3. The molecule has 0 saturated carbocycles. The van der Waals surface area contributed by atoms with Gasteiger partial charge in [-0.25, -0.2) is 9.67 Å². The van der Waals surface area contributed by atoms with E-state index >= 15 is 0 Å². The van der Waals surface area contributed by atoms with Gasteiger partial charge in [-0.15, -0.1) is 0 Å². The summed E-state index contributed by atoms with van der Waals surface area (Å²) in [4.78, 5) is 16.0. The fraction of sp³-hybridized carbons (Fsp3) is 0.308. The van der Waals surface area contributed by atoms with Crippen LogP contribution in [0.2, 0.25) is 0 Å². The standard InChI is InChI=1S/C13H17N5O/c1-8-4-5-11(6-12(8)14)16-13(19)7-18-10(3)15-9(2)17-18/h4-6H,7,14H2,1-3H3,(H,16,19). The summed E-state index contributed by atoms with van der Waals surface area (Å²) in [6.07, 6.45) is 0. The van der Waals surface area contributed by atoms with Gasteiger partial charge < -0.3 is 11.1 Å². The van der Waals surface area contributed by atoms with Gasteiger partial charge in [-0.05, 0) is 38.5 Å². The molecule has 0 aliphatic heterocycles. The smallest absolute Gasteiger partial charge is 0.246 e. The van der Waals surface area contributed by atoms with Gasteiger partial charge >= 0.3 is 0 Å². The fourth-order valence-corrected chi connectivity index (χ4v) is 1.77. The molecule has 1 heterocycles. The minimum Gasteiger partial charge on any atom is -0.398 e. The van der Waals surface area contributed by atoms with Gasteiger partial charge in [0.25, 0.3) is 0 Å². The van der Waals surface area contributed by atoms with Crippen molar-refractivity contribution in [1.82, 2.24) is 14.8 Å². The maximum Gasteiger partial charge on any atom is 0.246 e. The van der Waals surface area contributed by atoms with E-state index in [0.29, 0.717) is 17.2 Å². The summed E-state index contributed by atoms with van der Waals surface area (Å²) in [6, 6.07) is 5.44. The lowest BCUT2D eigenvalue weighted by atomic mass is 10.2. The second kappa shape index (κ2) is 5.09. The normalized spacial score (nSPS) is 10.5. The number of nitrogens with two attached hydrogens (primary N) is 1. The van der Waals surface area contributed by atoms with Gasteiger partial charge in [-0.1, -0.05) is 6.07 Å². The number of aryl methyl sites for hydroxylation is 3. The summed E-state index contributed by atoms with van der Waals surface area (Å²) >= 11 is 0. The number of anilines is 2. The number of rotatable bonds is 3. The minimum atomic E-state index is -0.156. The lowest BCUT2D eigenvalue weighted by Gasteiger charge is -2.08. The zero-order valence-electron chi connectivity index (χ0n) is 11.3. The highest BCUT2D eigenvalue weighted by molar-refractivity contribution is 5.91. The first kappa shape index (κ1) is 13.1. The van der Waals surface area contributed by atoms with E-state index in [0.717, 1.165) is 11.4 Å². The number of carbonyl (C=O) groups excluding carboxylic acids is 1. The highest BCUT2D eigenvalue weighted by Gasteiger charge is 2.08. The molecule has 2 rings (SSSR count). The van der Waals surface area contributed by atoms with Crippen LogP contribution in [0.25, 0.3) is 0 Å². The Morgan fingerprint density at radius 2 is 2.11 bits per heavy atom. The van der Waals surface area contributed by atoms with E-state index < -0.39 is 0 Å². The Morgan fingerprint density at radius 3 is 2.68 bits per heavy atom. The molecule has 1 aromatic carbocycles. The van der Waals surface area contributed by atoms with Crippen LogP contribution in [0.5, 0.6) is 0 Å². The highest BCUT2D eigenvalue weighted by Crippen LogP contribution is 2.16. The highest BCUT2D eigenvalue weighted by atomic mass is 16.2. The number of hydrogen-bond acceptors (Lipinski definition) is 4. The average Bonchev–Trinajstić information content (AvgIpc) is 2.62. The molecule has 1 amide bonds. The van der Waals surface area contributed by atoms with Crippen LogP contribution >= 0.6 is 0 Å². The lowest BCUT2D eigenvalue weighted by molar-refractivity contribution is -0.116. The number of aromatic nitrogens is 3. The summed E-state index contributed by atoms with van der Waals surface area (Å²) in [5.41, 5.74) is 8.13. The van der Waals surface area contributed by atoms with Gasteiger partial charge in [-0.3, -0.25) is 4.79 Å². The van der Waals surface area contributed by atoms with Crippen LogP contribution in [0.3, 0.4) is 0 Å². The van der Waals surface area contributed by atoms with E-state index in [1.807, 2.05) is 26.0 Å². The molecule has 3 N–H and O–H groups in total. The van der Waals surface area contributed by atoms with E-state index in [9.17, 15) is 4.79 Å². The van der Waals surface area contributed by atoms with E-state index in [4.69, 9.17) is 5.73 Å².